The Hall–Kier alpha value is -1.32. The third-order valence-corrected chi connectivity index (χ3v) is 2.20. The van der Waals surface area contributed by atoms with Gasteiger partial charge in [0, 0.05) is 18.9 Å². The third-order valence-electron chi connectivity index (χ3n) is 2.20. The average Bonchev–Trinajstić information content (AvgIpc) is 2.34. The van der Waals surface area contributed by atoms with Gasteiger partial charge in [0.05, 0.1) is 13.2 Å². The fourth-order valence-corrected chi connectivity index (χ4v) is 1.24. The van der Waals surface area contributed by atoms with Crippen LogP contribution in [0, 0.1) is 0 Å². The van der Waals surface area contributed by atoms with Crippen molar-refractivity contribution in [3.63, 3.8) is 0 Å². The van der Waals surface area contributed by atoms with E-state index in [2.05, 4.69) is 13.5 Å². The molecule has 0 spiro atoms. The molecule has 0 bridgehead atoms. The van der Waals surface area contributed by atoms with E-state index in [4.69, 9.17) is 9.47 Å². The minimum Gasteiger partial charge on any atom is -0.466 e. The van der Waals surface area contributed by atoms with Crippen molar-refractivity contribution in [2.75, 3.05) is 13.2 Å². The molecular weight excluding hydrogens is 220 g/mol. The number of ether oxygens (including phenoxy) is 2. The van der Waals surface area contributed by atoms with Crippen LogP contribution in [0.3, 0.4) is 0 Å². The highest BCUT2D eigenvalue weighted by Gasteiger charge is 2.02. The Labute approximate surface area is 103 Å². The number of unbranched alkanes of at least 4 members (excludes halogenated alkanes) is 3. The predicted octanol–water partition coefficient (Wildman–Crippen LogP) is 2.62. The molecule has 0 aliphatic carbocycles. The molecule has 0 radical (unpaired) electrons. The molecule has 4 nitrogen and oxygen atoms in total. The molecule has 0 aromatic carbocycles. The fourth-order valence-electron chi connectivity index (χ4n) is 1.24. The number of esters is 2. The van der Waals surface area contributed by atoms with Gasteiger partial charge in [-0.05, 0) is 6.42 Å². The predicted molar refractivity (Wildman–Crippen MR) is 65.5 cm³/mol. The van der Waals surface area contributed by atoms with E-state index in [-0.39, 0.29) is 12.6 Å². The summed E-state index contributed by atoms with van der Waals surface area (Å²) in [6.07, 6.45) is 6.39. The lowest BCUT2D eigenvalue weighted by molar-refractivity contribution is -0.144. The molecule has 0 unspecified atom stereocenters. The number of rotatable bonds is 10. The molecule has 0 aliphatic rings. The molecule has 0 fully saturated rings. The van der Waals surface area contributed by atoms with Crippen LogP contribution >= 0.6 is 0 Å². The summed E-state index contributed by atoms with van der Waals surface area (Å²) in [5.74, 6) is -0.618. The highest BCUT2D eigenvalue weighted by Crippen LogP contribution is 2.03. The topological polar surface area (TPSA) is 52.6 Å². The number of hydrogen-bond acceptors (Lipinski definition) is 4. The summed E-state index contributed by atoms with van der Waals surface area (Å²) < 4.78 is 9.72. The lowest BCUT2D eigenvalue weighted by atomic mass is 10.2. The first-order valence-electron chi connectivity index (χ1n) is 6.15. The summed E-state index contributed by atoms with van der Waals surface area (Å²) in [6.45, 7) is 5.96. The van der Waals surface area contributed by atoms with Crippen LogP contribution in [0.4, 0.5) is 0 Å². The highest BCUT2D eigenvalue weighted by molar-refractivity contribution is 5.81. The molecule has 0 aromatic heterocycles. The minimum absolute atomic E-state index is 0.170. The molecule has 0 saturated heterocycles. The van der Waals surface area contributed by atoms with Crippen LogP contribution in [0.5, 0.6) is 0 Å². The van der Waals surface area contributed by atoms with Crippen molar-refractivity contribution < 1.29 is 19.1 Å². The maximum atomic E-state index is 11.2. The summed E-state index contributed by atoms with van der Waals surface area (Å²) in [5, 5.41) is 0. The zero-order chi connectivity index (χ0) is 12.9. The monoisotopic (exact) mass is 242 g/mol. The first-order valence-corrected chi connectivity index (χ1v) is 6.15. The van der Waals surface area contributed by atoms with E-state index in [1.165, 1.54) is 0 Å². The molecule has 17 heavy (non-hydrogen) atoms. The van der Waals surface area contributed by atoms with Crippen molar-refractivity contribution in [3.8, 4) is 0 Å². The molecule has 0 atom stereocenters. The molecule has 4 heteroatoms. The van der Waals surface area contributed by atoms with E-state index < -0.39 is 5.97 Å². The van der Waals surface area contributed by atoms with Gasteiger partial charge in [0.1, 0.15) is 0 Å². The zero-order valence-corrected chi connectivity index (χ0v) is 10.6. The van der Waals surface area contributed by atoms with E-state index in [0.29, 0.717) is 19.4 Å². The lowest BCUT2D eigenvalue weighted by Crippen LogP contribution is -2.09. The summed E-state index contributed by atoms with van der Waals surface area (Å²) >= 11 is 0. The second-order valence-electron chi connectivity index (χ2n) is 3.76. The first kappa shape index (κ1) is 15.7. The standard InChI is InChI=1S/C13H22O4/c1-3-5-6-7-9-13(15)17-11-8-10-16-12(14)4-2/h4H,2-3,5-11H2,1H3. The lowest BCUT2D eigenvalue weighted by Gasteiger charge is -2.05. The Kier molecular flexibility index (Phi) is 10.3. The molecule has 0 aliphatic heterocycles. The minimum atomic E-state index is -0.448. The van der Waals surface area contributed by atoms with Crippen LogP contribution in [0.1, 0.15) is 45.4 Å². The molecule has 0 N–H and O–H groups in total. The average molecular weight is 242 g/mol. The number of carbonyl (C=O) groups is 2. The van der Waals surface area contributed by atoms with Crippen molar-refractivity contribution in [2.45, 2.75) is 45.4 Å². The Morgan fingerprint density at radius 2 is 1.76 bits per heavy atom. The van der Waals surface area contributed by atoms with E-state index in [0.717, 1.165) is 31.8 Å². The van der Waals surface area contributed by atoms with Gasteiger partial charge in [0.25, 0.3) is 0 Å². The smallest absolute Gasteiger partial charge is 0.330 e. The van der Waals surface area contributed by atoms with Crippen molar-refractivity contribution >= 4 is 11.9 Å². The van der Waals surface area contributed by atoms with Crippen LogP contribution in [0.25, 0.3) is 0 Å². The maximum Gasteiger partial charge on any atom is 0.330 e. The SMILES string of the molecule is C=CC(=O)OCCCOC(=O)CCCCCC. The van der Waals surface area contributed by atoms with Crippen LogP contribution in [-0.4, -0.2) is 25.2 Å². The van der Waals surface area contributed by atoms with Crippen molar-refractivity contribution in [3.05, 3.63) is 12.7 Å². The quantitative estimate of drug-likeness (QED) is 0.336. The van der Waals surface area contributed by atoms with Crippen LogP contribution in [-0.2, 0) is 19.1 Å². The largest absolute Gasteiger partial charge is 0.466 e. The Morgan fingerprint density at radius 1 is 1.06 bits per heavy atom. The van der Waals surface area contributed by atoms with Gasteiger partial charge in [-0.1, -0.05) is 32.8 Å². The fraction of sp³-hybridized carbons (Fsp3) is 0.692. The molecule has 0 rings (SSSR count). The van der Waals surface area contributed by atoms with Crippen LogP contribution in [0.15, 0.2) is 12.7 Å². The normalized spacial score (nSPS) is 9.71. The summed E-state index contributed by atoms with van der Waals surface area (Å²) in [6, 6.07) is 0. The third kappa shape index (κ3) is 11.0. The summed E-state index contributed by atoms with van der Waals surface area (Å²) in [5.41, 5.74) is 0. The van der Waals surface area contributed by atoms with Crippen molar-refractivity contribution in [1.29, 1.82) is 0 Å². The van der Waals surface area contributed by atoms with Gasteiger partial charge in [-0.15, -0.1) is 0 Å². The number of carbonyl (C=O) groups excluding carboxylic acids is 2. The highest BCUT2D eigenvalue weighted by atomic mass is 16.5. The molecule has 0 amide bonds. The van der Waals surface area contributed by atoms with Gasteiger partial charge < -0.3 is 9.47 Å². The second kappa shape index (κ2) is 11.2. The summed E-state index contributed by atoms with van der Waals surface area (Å²) in [4.78, 5) is 21.9. The van der Waals surface area contributed by atoms with Gasteiger partial charge in [-0.25, -0.2) is 4.79 Å². The van der Waals surface area contributed by atoms with Gasteiger partial charge in [0.15, 0.2) is 0 Å². The van der Waals surface area contributed by atoms with Gasteiger partial charge >= 0.3 is 11.9 Å². The molecule has 98 valence electrons. The molecular formula is C13H22O4. The van der Waals surface area contributed by atoms with Crippen molar-refractivity contribution in [2.24, 2.45) is 0 Å². The van der Waals surface area contributed by atoms with Gasteiger partial charge in [-0.2, -0.15) is 0 Å². The van der Waals surface area contributed by atoms with E-state index in [1.54, 1.807) is 0 Å². The Balaban J connectivity index is 3.27. The Bertz CT molecular complexity index is 236. The van der Waals surface area contributed by atoms with E-state index in [9.17, 15) is 9.59 Å². The first-order chi connectivity index (χ1) is 8.20. The number of hydrogen-bond donors (Lipinski definition) is 0. The molecule has 0 aromatic rings. The van der Waals surface area contributed by atoms with Crippen LogP contribution in [0.2, 0.25) is 0 Å². The summed E-state index contributed by atoms with van der Waals surface area (Å²) in [7, 11) is 0. The van der Waals surface area contributed by atoms with E-state index in [1.807, 2.05) is 0 Å². The van der Waals surface area contributed by atoms with Crippen molar-refractivity contribution in [1.82, 2.24) is 0 Å². The second-order valence-corrected chi connectivity index (χ2v) is 3.76. The zero-order valence-electron chi connectivity index (χ0n) is 10.6. The van der Waals surface area contributed by atoms with Gasteiger partial charge in [-0.3, -0.25) is 4.79 Å². The molecule has 0 saturated carbocycles. The van der Waals surface area contributed by atoms with E-state index >= 15 is 0 Å². The molecule has 0 heterocycles. The maximum absolute atomic E-state index is 11.2. The van der Waals surface area contributed by atoms with Gasteiger partial charge in [0.2, 0.25) is 0 Å². The van der Waals surface area contributed by atoms with Crippen LogP contribution < -0.4 is 0 Å². The Morgan fingerprint density at radius 3 is 2.41 bits per heavy atom.